The third kappa shape index (κ3) is 2.60. The van der Waals surface area contributed by atoms with E-state index in [-0.39, 0.29) is 0 Å². The number of nitrogens with zero attached hydrogens (tertiary/aromatic N) is 3. The second-order valence-electron chi connectivity index (χ2n) is 6.27. The first-order valence-electron chi connectivity index (χ1n) is 8.04. The quantitative estimate of drug-likeness (QED) is 0.914. The van der Waals surface area contributed by atoms with Crippen LogP contribution in [-0.2, 0) is 0 Å². The first-order chi connectivity index (χ1) is 9.72. The molecule has 1 saturated heterocycles. The van der Waals surface area contributed by atoms with E-state index in [0.29, 0.717) is 5.92 Å². The topological polar surface area (TPSA) is 41.1 Å². The van der Waals surface area contributed by atoms with E-state index in [1.165, 1.54) is 43.5 Å². The highest BCUT2D eigenvalue weighted by Crippen LogP contribution is 2.40. The zero-order valence-electron chi connectivity index (χ0n) is 12.9. The average molecular weight is 274 g/mol. The molecule has 2 aliphatic rings. The molecule has 1 saturated carbocycles. The molecule has 1 unspecified atom stereocenters. The molecule has 0 amide bonds. The smallest absolute Gasteiger partial charge is 0.137 e. The Labute approximate surface area is 122 Å². The molecule has 1 N–H and O–H groups in total. The van der Waals surface area contributed by atoms with E-state index in [0.717, 1.165) is 30.6 Å². The van der Waals surface area contributed by atoms with Gasteiger partial charge in [0, 0.05) is 31.6 Å². The second-order valence-corrected chi connectivity index (χ2v) is 6.27. The van der Waals surface area contributed by atoms with Crippen molar-refractivity contribution in [2.24, 2.45) is 5.92 Å². The normalized spacial score (nSPS) is 22.9. The van der Waals surface area contributed by atoms with Crippen LogP contribution in [-0.4, -0.2) is 30.1 Å². The van der Waals surface area contributed by atoms with Crippen molar-refractivity contribution in [3.05, 3.63) is 11.4 Å². The molecule has 1 atom stereocenters. The van der Waals surface area contributed by atoms with E-state index in [4.69, 9.17) is 9.97 Å². The van der Waals surface area contributed by atoms with E-state index < -0.39 is 0 Å². The maximum absolute atomic E-state index is 4.91. The third-order valence-electron chi connectivity index (χ3n) is 4.71. The van der Waals surface area contributed by atoms with Crippen LogP contribution in [0.1, 0.15) is 56.3 Å². The van der Waals surface area contributed by atoms with Gasteiger partial charge in [0.05, 0.1) is 0 Å². The van der Waals surface area contributed by atoms with Crippen LogP contribution < -0.4 is 10.2 Å². The number of rotatable bonds is 4. The standard InChI is InChI=1S/C16H26N4/c1-4-12-6-5-9-20(10-12)16-11(2)14(17-3)18-15(19-16)13-7-8-13/h12-13H,4-10H2,1-3H3,(H,17,18,19). The third-order valence-corrected chi connectivity index (χ3v) is 4.71. The summed E-state index contributed by atoms with van der Waals surface area (Å²) in [4.78, 5) is 12.1. The highest BCUT2D eigenvalue weighted by Gasteiger charge is 2.30. The maximum atomic E-state index is 4.91. The van der Waals surface area contributed by atoms with Gasteiger partial charge >= 0.3 is 0 Å². The Kier molecular flexibility index (Phi) is 3.81. The van der Waals surface area contributed by atoms with Crippen LogP contribution in [0.15, 0.2) is 0 Å². The molecule has 2 heterocycles. The second kappa shape index (κ2) is 5.58. The van der Waals surface area contributed by atoms with Crippen LogP contribution in [0.5, 0.6) is 0 Å². The molecule has 4 heteroatoms. The zero-order valence-corrected chi connectivity index (χ0v) is 12.9. The van der Waals surface area contributed by atoms with Crippen molar-refractivity contribution in [3.63, 3.8) is 0 Å². The fourth-order valence-corrected chi connectivity index (χ4v) is 3.19. The van der Waals surface area contributed by atoms with Crippen LogP contribution in [0.25, 0.3) is 0 Å². The Morgan fingerprint density at radius 2 is 2.05 bits per heavy atom. The van der Waals surface area contributed by atoms with Crippen LogP contribution in [0.3, 0.4) is 0 Å². The van der Waals surface area contributed by atoms with Crippen LogP contribution >= 0.6 is 0 Å². The van der Waals surface area contributed by atoms with Crippen molar-refractivity contribution < 1.29 is 0 Å². The fraction of sp³-hybridized carbons (Fsp3) is 0.750. The van der Waals surface area contributed by atoms with Crippen molar-refractivity contribution in [2.45, 2.75) is 51.9 Å². The van der Waals surface area contributed by atoms with Gasteiger partial charge in [-0.3, -0.25) is 0 Å². The van der Waals surface area contributed by atoms with Gasteiger partial charge in [-0.05, 0) is 38.5 Å². The van der Waals surface area contributed by atoms with Gasteiger partial charge in [-0.2, -0.15) is 0 Å². The summed E-state index contributed by atoms with van der Waals surface area (Å²) < 4.78 is 0. The van der Waals surface area contributed by atoms with Crippen molar-refractivity contribution in [1.29, 1.82) is 0 Å². The molecular formula is C16H26N4. The van der Waals surface area contributed by atoms with E-state index in [1.807, 2.05) is 7.05 Å². The lowest BCUT2D eigenvalue weighted by Crippen LogP contribution is -2.36. The highest BCUT2D eigenvalue weighted by molar-refractivity contribution is 5.59. The number of anilines is 2. The van der Waals surface area contributed by atoms with Gasteiger partial charge in [-0.25, -0.2) is 9.97 Å². The van der Waals surface area contributed by atoms with Crippen molar-refractivity contribution >= 4 is 11.6 Å². The molecule has 0 aromatic carbocycles. The molecule has 2 fully saturated rings. The van der Waals surface area contributed by atoms with Gasteiger partial charge in [0.1, 0.15) is 17.5 Å². The molecule has 0 spiro atoms. The lowest BCUT2D eigenvalue weighted by Gasteiger charge is -2.34. The average Bonchev–Trinajstić information content (AvgIpc) is 3.32. The Hall–Kier alpha value is -1.32. The van der Waals surface area contributed by atoms with Crippen molar-refractivity contribution in [2.75, 3.05) is 30.4 Å². The Morgan fingerprint density at radius 1 is 1.25 bits per heavy atom. The summed E-state index contributed by atoms with van der Waals surface area (Å²) in [7, 11) is 1.96. The molecule has 1 aromatic rings. The largest absolute Gasteiger partial charge is 0.373 e. The summed E-state index contributed by atoms with van der Waals surface area (Å²) in [6, 6.07) is 0. The van der Waals surface area contributed by atoms with E-state index >= 15 is 0 Å². The summed E-state index contributed by atoms with van der Waals surface area (Å²) in [5.74, 6) is 4.65. The van der Waals surface area contributed by atoms with E-state index in [1.54, 1.807) is 0 Å². The molecule has 0 radical (unpaired) electrons. The summed E-state index contributed by atoms with van der Waals surface area (Å²) in [5.41, 5.74) is 1.20. The first-order valence-corrected chi connectivity index (χ1v) is 8.04. The summed E-state index contributed by atoms with van der Waals surface area (Å²) in [5, 5.41) is 3.25. The Balaban J connectivity index is 1.92. The zero-order chi connectivity index (χ0) is 14.1. The molecule has 3 rings (SSSR count). The van der Waals surface area contributed by atoms with Crippen molar-refractivity contribution in [1.82, 2.24) is 9.97 Å². The van der Waals surface area contributed by atoms with Crippen LogP contribution in [0.2, 0.25) is 0 Å². The number of nitrogens with one attached hydrogen (secondary N) is 1. The van der Waals surface area contributed by atoms with Crippen LogP contribution in [0, 0.1) is 12.8 Å². The van der Waals surface area contributed by atoms with Gasteiger partial charge in [-0.1, -0.05) is 13.3 Å². The number of piperidine rings is 1. The summed E-state index contributed by atoms with van der Waals surface area (Å²) in [6.07, 6.45) is 6.43. The molecular weight excluding hydrogens is 248 g/mol. The Bertz CT molecular complexity index is 482. The van der Waals surface area contributed by atoms with Gasteiger partial charge in [0.15, 0.2) is 0 Å². The highest BCUT2D eigenvalue weighted by atomic mass is 15.2. The minimum atomic E-state index is 0.605. The lowest BCUT2D eigenvalue weighted by atomic mass is 9.95. The molecule has 20 heavy (non-hydrogen) atoms. The number of hydrogen-bond acceptors (Lipinski definition) is 4. The van der Waals surface area contributed by atoms with E-state index in [9.17, 15) is 0 Å². The van der Waals surface area contributed by atoms with Gasteiger partial charge in [0.2, 0.25) is 0 Å². The number of aromatic nitrogens is 2. The first kappa shape index (κ1) is 13.7. The van der Waals surface area contributed by atoms with Gasteiger partial charge < -0.3 is 10.2 Å². The molecule has 1 aliphatic heterocycles. The van der Waals surface area contributed by atoms with Crippen molar-refractivity contribution in [3.8, 4) is 0 Å². The van der Waals surface area contributed by atoms with Gasteiger partial charge in [0.25, 0.3) is 0 Å². The maximum Gasteiger partial charge on any atom is 0.137 e. The monoisotopic (exact) mass is 274 g/mol. The minimum absolute atomic E-state index is 0.605. The van der Waals surface area contributed by atoms with Crippen LogP contribution in [0.4, 0.5) is 11.6 Å². The fourth-order valence-electron chi connectivity index (χ4n) is 3.19. The predicted molar refractivity (Wildman–Crippen MR) is 83.5 cm³/mol. The lowest BCUT2D eigenvalue weighted by molar-refractivity contribution is 0.402. The molecule has 0 bridgehead atoms. The molecule has 1 aromatic heterocycles. The predicted octanol–water partition coefficient (Wildman–Crippen LogP) is 3.33. The summed E-state index contributed by atoms with van der Waals surface area (Å²) >= 11 is 0. The molecule has 1 aliphatic carbocycles. The Morgan fingerprint density at radius 3 is 2.70 bits per heavy atom. The number of hydrogen-bond donors (Lipinski definition) is 1. The minimum Gasteiger partial charge on any atom is -0.373 e. The summed E-state index contributed by atoms with van der Waals surface area (Å²) in [6.45, 7) is 6.74. The molecule has 110 valence electrons. The SMILES string of the molecule is CCC1CCCN(c2nc(C3CC3)nc(NC)c2C)C1. The molecule has 4 nitrogen and oxygen atoms in total. The van der Waals surface area contributed by atoms with Gasteiger partial charge in [-0.15, -0.1) is 0 Å². The van der Waals surface area contributed by atoms with E-state index in [2.05, 4.69) is 24.1 Å².